The van der Waals surface area contributed by atoms with Gasteiger partial charge < -0.3 is 10.2 Å². The van der Waals surface area contributed by atoms with Crippen LogP contribution in [0.5, 0.6) is 0 Å². The first kappa shape index (κ1) is 16.9. The first-order valence-electron chi connectivity index (χ1n) is 6.46. The summed E-state index contributed by atoms with van der Waals surface area (Å²) in [7, 11) is 0. The Bertz CT molecular complexity index is 392. The van der Waals surface area contributed by atoms with Crippen molar-refractivity contribution in [2.24, 2.45) is 0 Å². The SMILES string of the molecule is Cc1ccc(C(O)CCN(CCO)CC(F)(F)F)cc1. The molecule has 114 valence electrons. The second kappa shape index (κ2) is 7.61. The quantitative estimate of drug-likeness (QED) is 0.810. The molecule has 0 saturated heterocycles. The number of benzene rings is 1. The zero-order valence-corrected chi connectivity index (χ0v) is 11.4. The first-order chi connectivity index (χ1) is 9.31. The van der Waals surface area contributed by atoms with E-state index < -0.39 is 18.8 Å². The lowest BCUT2D eigenvalue weighted by molar-refractivity contribution is -0.147. The highest BCUT2D eigenvalue weighted by Crippen LogP contribution is 2.20. The van der Waals surface area contributed by atoms with E-state index in [1.165, 1.54) is 0 Å². The Morgan fingerprint density at radius 3 is 2.25 bits per heavy atom. The van der Waals surface area contributed by atoms with E-state index in [4.69, 9.17) is 5.11 Å². The van der Waals surface area contributed by atoms with Gasteiger partial charge in [0.25, 0.3) is 0 Å². The van der Waals surface area contributed by atoms with Gasteiger partial charge in [-0.1, -0.05) is 29.8 Å². The molecule has 3 nitrogen and oxygen atoms in total. The summed E-state index contributed by atoms with van der Waals surface area (Å²) in [6, 6.07) is 7.22. The Balaban J connectivity index is 2.51. The van der Waals surface area contributed by atoms with Gasteiger partial charge in [-0.25, -0.2) is 0 Å². The molecule has 0 amide bonds. The normalized spacial score (nSPS) is 13.8. The molecule has 0 heterocycles. The average molecular weight is 291 g/mol. The lowest BCUT2D eigenvalue weighted by atomic mass is 10.0. The Morgan fingerprint density at radius 1 is 1.15 bits per heavy atom. The van der Waals surface area contributed by atoms with Gasteiger partial charge in [0.05, 0.1) is 19.3 Å². The number of hydrogen-bond acceptors (Lipinski definition) is 3. The van der Waals surface area contributed by atoms with Crippen molar-refractivity contribution in [1.82, 2.24) is 4.90 Å². The molecule has 6 heteroatoms. The fourth-order valence-corrected chi connectivity index (χ4v) is 1.93. The minimum absolute atomic E-state index is 0.0554. The van der Waals surface area contributed by atoms with Crippen LogP contribution in [0.4, 0.5) is 13.2 Å². The maximum atomic E-state index is 12.3. The Kier molecular flexibility index (Phi) is 6.45. The van der Waals surface area contributed by atoms with Crippen LogP contribution in [0, 0.1) is 6.92 Å². The van der Waals surface area contributed by atoms with E-state index in [1.54, 1.807) is 12.1 Å². The van der Waals surface area contributed by atoms with Crippen LogP contribution in [0.25, 0.3) is 0 Å². The Hall–Kier alpha value is -1.11. The summed E-state index contributed by atoms with van der Waals surface area (Å²) < 4.78 is 37.0. The third kappa shape index (κ3) is 6.36. The van der Waals surface area contributed by atoms with Gasteiger partial charge in [-0.3, -0.25) is 4.90 Å². The minimum Gasteiger partial charge on any atom is -0.395 e. The molecule has 0 aliphatic rings. The highest BCUT2D eigenvalue weighted by atomic mass is 19.4. The predicted molar refractivity (Wildman–Crippen MR) is 70.3 cm³/mol. The van der Waals surface area contributed by atoms with Crippen LogP contribution in [0.2, 0.25) is 0 Å². The van der Waals surface area contributed by atoms with Crippen molar-refractivity contribution in [1.29, 1.82) is 0 Å². The van der Waals surface area contributed by atoms with Crippen molar-refractivity contribution in [3.8, 4) is 0 Å². The fourth-order valence-electron chi connectivity index (χ4n) is 1.93. The molecule has 0 radical (unpaired) electrons. The second-order valence-corrected chi connectivity index (χ2v) is 4.83. The van der Waals surface area contributed by atoms with Crippen molar-refractivity contribution in [2.45, 2.75) is 25.6 Å². The van der Waals surface area contributed by atoms with E-state index in [9.17, 15) is 18.3 Å². The van der Waals surface area contributed by atoms with Crippen molar-refractivity contribution in [2.75, 3.05) is 26.2 Å². The standard InChI is InChI=1S/C14H20F3NO2/c1-11-2-4-12(5-3-11)13(20)6-7-18(8-9-19)10-14(15,16)17/h2-5,13,19-20H,6-10H2,1H3. The molecule has 1 aromatic rings. The highest BCUT2D eigenvalue weighted by molar-refractivity contribution is 5.22. The molecule has 0 aliphatic heterocycles. The number of aryl methyl sites for hydroxylation is 1. The molecule has 1 aromatic carbocycles. The van der Waals surface area contributed by atoms with Crippen molar-refractivity contribution in [3.63, 3.8) is 0 Å². The summed E-state index contributed by atoms with van der Waals surface area (Å²) >= 11 is 0. The number of nitrogens with zero attached hydrogens (tertiary/aromatic N) is 1. The zero-order chi connectivity index (χ0) is 15.2. The smallest absolute Gasteiger partial charge is 0.395 e. The van der Waals surface area contributed by atoms with Gasteiger partial charge in [0, 0.05) is 13.1 Å². The van der Waals surface area contributed by atoms with Gasteiger partial charge in [-0.2, -0.15) is 13.2 Å². The molecule has 0 bridgehead atoms. The molecular formula is C14H20F3NO2. The number of halogens is 3. The molecule has 0 spiro atoms. The van der Waals surface area contributed by atoms with Crippen molar-refractivity contribution >= 4 is 0 Å². The number of aliphatic hydroxyl groups excluding tert-OH is 2. The van der Waals surface area contributed by atoms with Crippen LogP contribution in [0.3, 0.4) is 0 Å². The largest absolute Gasteiger partial charge is 0.401 e. The van der Waals surface area contributed by atoms with Gasteiger partial charge in [0.1, 0.15) is 0 Å². The number of alkyl halides is 3. The summed E-state index contributed by atoms with van der Waals surface area (Å²) in [4.78, 5) is 1.09. The first-order valence-corrected chi connectivity index (χ1v) is 6.46. The Labute approximate surface area is 116 Å². The molecule has 0 aliphatic carbocycles. The summed E-state index contributed by atoms with van der Waals surface area (Å²) in [6.45, 7) is 0.530. The number of hydrogen-bond donors (Lipinski definition) is 2. The van der Waals surface area contributed by atoms with Crippen LogP contribution < -0.4 is 0 Å². The number of rotatable bonds is 7. The molecule has 0 saturated carbocycles. The van der Waals surface area contributed by atoms with Crippen LogP contribution in [0.15, 0.2) is 24.3 Å². The van der Waals surface area contributed by atoms with E-state index in [1.807, 2.05) is 19.1 Å². The molecule has 1 atom stereocenters. The van der Waals surface area contributed by atoms with Gasteiger partial charge >= 0.3 is 6.18 Å². The molecular weight excluding hydrogens is 271 g/mol. The summed E-state index contributed by atoms with van der Waals surface area (Å²) in [6.07, 6.45) is -4.91. The third-order valence-electron chi connectivity index (χ3n) is 3.00. The molecule has 1 rings (SSSR count). The van der Waals surface area contributed by atoms with Gasteiger partial charge in [-0.05, 0) is 18.9 Å². The molecule has 0 fully saturated rings. The topological polar surface area (TPSA) is 43.7 Å². The molecule has 20 heavy (non-hydrogen) atoms. The Morgan fingerprint density at radius 2 is 1.75 bits per heavy atom. The lowest BCUT2D eigenvalue weighted by Crippen LogP contribution is -2.37. The maximum Gasteiger partial charge on any atom is 0.401 e. The molecule has 1 unspecified atom stereocenters. The van der Waals surface area contributed by atoms with E-state index in [-0.39, 0.29) is 26.1 Å². The highest BCUT2D eigenvalue weighted by Gasteiger charge is 2.30. The zero-order valence-electron chi connectivity index (χ0n) is 11.4. The van der Waals surface area contributed by atoms with E-state index in [0.29, 0.717) is 5.56 Å². The summed E-state index contributed by atoms with van der Waals surface area (Å²) in [5.74, 6) is 0. The summed E-state index contributed by atoms with van der Waals surface area (Å²) in [5, 5.41) is 18.7. The minimum atomic E-state index is -4.30. The third-order valence-corrected chi connectivity index (χ3v) is 3.00. The van der Waals surface area contributed by atoms with Crippen LogP contribution in [-0.2, 0) is 0 Å². The second-order valence-electron chi connectivity index (χ2n) is 4.83. The van der Waals surface area contributed by atoms with Gasteiger partial charge in [0.2, 0.25) is 0 Å². The van der Waals surface area contributed by atoms with Crippen LogP contribution in [0.1, 0.15) is 23.7 Å². The van der Waals surface area contributed by atoms with E-state index in [2.05, 4.69) is 0 Å². The van der Waals surface area contributed by atoms with E-state index >= 15 is 0 Å². The molecule has 0 aromatic heterocycles. The monoisotopic (exact) mass is 291 g/mol. The summed E-state index contributed by atoms with van der Waals surface area (Å²) in [5.41, 5.74) is 1.74. The molecule has 2 N–H and O–H groups in total. The fraction of sp³-hybridized carbons (Fsp3) is 0.571. The van der Waals surface area contributed by atoms with Gasteiger partial charge in [0.15, 0.2) is 0 Å². The number of aliphatic hydroxyl groups is 2. The van der Waals surface area contributed by atoms with Crippen LogP contribution >= 0.6 is 0 Å². The maximum absolute atomic E-state index is 12.3. The lowest BCUT2D eigenvalue weighted by Gasteiger charge is -2.24. The van der Waals surface area contributed by atoms with Crippen LogP contribution in [-0.4, -0.2) is 47.5 Å². The average Bonchev–Trinajstić information content (AvgIpc) is 2.35. The predicted octanol–water partition coefficient (Wildman–Crippen LogP) is 2.28. The van der Waals surface area contributed by atoms with E-state index in [0.717, 1.165) is 10.5 Å². The van der Waals surface area contributed by atoms with Crippen molar-refractivity contribution in [3.05, 3.63) is 35.4 Å². The van der Waals surface area contributed by atoms with Gasteiger partial charge in [-0.15, -0.1) is 0 Å². The van der Waals surface area contributed by atoms with Crippen molar-refractivity contribution < 1.29 is 23.4 Å².